The molecule has 0 aromatic heterocycles. The first-order chi connectivity index (χ1) is 5.05. The molecule has 0 saturated carbocycles. The first-order valence-corrected chi connectivity index (χ1v) is 3.53. The summed E-state index contributed by atoms with van der Waals surface area (Å²) < 4.78 is 5.20. The lowest BCUT2D eigenvalue weighted by atomic mass is 10.0. The summed E-state index contributed by atoms with van der Waals surface area (Å²) in [6.07, 6.45) is 0.691. The van der Waals surface area contributed by atoms with Crippen molar-refractivity contribution < 1.29 is 4.74 Å². The van der Waals surface area contributed by atoms with Gasteiger partial charge in [0, 0.05) is 20.6 Å². The fourth-order valence-corrected chi connectivity index (χ4v) is 0.670. The molecule has 0 aliphatic rings. The summed E-state index contributed by atoms with van der Waals surface area (Å²) in [5.41, 5.74) is 2.31. The predicted octanol–water partition coefficient (Wildman–Crippen LogP) is 0.293. The summed E-state index contributed by atoms with van der Waals surface area (Å²) >= 11 is 0. The molecule has 0 aliphatic carbocycles. The normalized spacial score (nSPS) is 13.4. The van der Waals surface area contributed by atoms with Crippen LogP contribution in [0.2, 0.25) is 0 Å². The van der Waals surface area contributed by atoms with Crippen molar-refractivity contribution in [1.82, 2.24) is 5.43 Å². The number of nitrogens with two attached hydrogens (primary N) is 1. The van der Waals surface area contributed by atoms with Crippen molar-refractivity contribution in [3.05, 3.63) is 0 Å². The van der Waals surface area contributed by atoms with Crippen LogP contribution in [0.5, 0.6) is 0 Å². The van der Waals surface area contributed by atoms with E-state index < -0.39 is 0 Å². The van der Waals surface area contributed by atoms with Crippen molar-refractivity contribution in [2.24, 2.45) is 10.8 Å². The number of hydrogen-bond acceptors (Lipinski definition) is 3. The van der Waals surface area contributed by atoms with Crippen molar-refractivity contribution >= 4 is 5.84 Å². The molecule has 0 atom stereocenters. The number of methoxy groups -OCH3 is 1. The molecule has 11 heavy (non-hydrogen) atoms. The first kappa shape index (κ1) is 10.4. The van der Waals surface area contributed by atoms with E-state index in [0.29, 0.717) is 6.42 Å². The zero-order chi connectivity index (χ0) is 8.91. The summed E-state index contributed by atoms with van der Waals surface area (Å²) in [7, 11) is 3.37. The minimum atomic E-state index is -0.207. The summed E-state index contributed by atoms with van der Waals surface area (Å²) in [6, 6.07) is 0. The van der Waals surface area contributed by atoms with Crippen molar-refractivity contribution in [3.8, 4) is 0 Å². The maximum atomic E-state index is 5.21. The smallest absolute Gasteiger partial charge is 0.113 e. The number of ether oxygens (including phenoxy) is 1. The van der Waals surface area contributed by atoms with Crippen molar-refractivity contribution in [2.75, 3.05) is 14.2 Å². The van der Waals surface area contributed by atoms with E-state index in [-0.39, 0.29) is 5.60 Å². The Morgan fingerprint density at radius 2 is 2.18 bits per heavy atom. The van der Waals surface area contributed by atoms with Gasteiger partial charge in [-0.05, 0) is 13.8 Å². The molecule has 0 saturated heterocycles. The van der Waals surface area contributed by atoms with Gasteiger partial charge in [0.2, 0.25) is 0 Å². The number of amidine groups is 1. The second-order valence-electron chi connectivity index (χ2n) is 2.96. The number of nitrogens with zero attached hydrogens (tertiary/aromatic N) is 1. The molecule has 4 nitrogen and oxygen atoms in total. The Balaban J connectivity index is 4.01. The lowest BCUT2D eigenvalue weighted by molar-refractivity contribution is 0.0286. The van der Waals surface area contributed by atoms with Crippen LogP contribution in [-0.2, 0) is 4.74 Å². The predicted molar refractivity (Wildman–Crippen MR) is 46.4 cm³/mol. The van der Waals surface area contributed by atoms with Gasteiger partial charge in [-0.3, -0.25) is 4.99 Å². The van der Waals surface area contributed by atoms with E-state index in [4.69, 9.17) is 10.6 Å². The van der Waals surface area contributed by atoms with E-state index in [9.17, 15) is 0 Å². The maximum Gasteiger partial charge on any atom is 0.113 e. The molecule has 0 spiro atoms. The van der Waals surface area contributed by atoms with E-state index >= 15 is 0 Å². The molecule has 0 amide bonds. The summed E-state index contributed by atoms with van der Waals surface area (Å²) in [5.74, 6) is 5.96. The van der Waals surface area contributed by atoms with Crippen LogP contribution in [0.3, 0.4) is 0 Å². The van der Waals surface area contributed by atoms with Crippen LogP contribution in [0, 0.1) is 0 Å². The van der Waals surface area contributed by atoms with Gasteiger partial charge in [-0.15, -0.1) is 0 Å². The highest BCUT2D eigenvalue weighted by atomic mass is 16.5. The highest BCUT2D eigenvalue weighted by molar-refractivity contribution is 5.82. The van der Waals surface area contributed by atoms with Crippen LogP contribution in [0.15, 0.2) is 4.99 Å². The highest BCUT2D eigenvalue weighted by Gasteiger charge is 2.18. The molecule has 0 rings (SSSR count). The molecule has 0 aromatic carbocycles. The number of hydrogen-bond donors (Lipinski definition) is 2. The number of aliphatic imine (C=N–C) groups is 1. The second-order valence-corrected chi connectivity index (χ2v) is 2.96. The van der Waals surface area contributed by atoms with Crippen molar-refractivity contribution in [2.45, 2.75) is 25.9 Å². The third-order valence-corrected chi connectivity index (χ3v) is 1.58. The standard InChI is InChI=1S/C7H17N3O/c1-7(2,11-4)5-6(9-3)10-8/h5,8H2,1-4H3,(H,9,10). The van der Waals surface area contributed by atoms with Gasteiger partial charge in [0.05, 0.1) is 5.60 Å². The van der Waals surface area contributed by atoms with Crippen molar-refractivity contribution in [3.63, 3.8) is 0 Å². The Morgan fingerprint density at radius 1 is 1.64 bits per heavy atom. The SMILES string of the molecule is CN=C(CC(C)(C)OC)NN. The molecule has 3 N–H and O–H groups in total. The van der Waals surface area contributed by atoms with Gasteiger partial charge in [0.1, 0.15) is 5.84 Å². The number of nitrogens with one attached hydrogen (secondary N) is 1. The summed E-state index contributed by atoms with van der Waals surface area (Å²) in [5, 5.41) is 0. The van der Waals surface area contributed by atoms with E-state index in [0.717, 1.165) is 5.84 Å². The van der Waals surface area contributed by atoms with Crippen LogP contribution >= 0.6 is 0 Å². The van der Waals surface area contributed by atoms with Gasteiger partial charge in [0.15, 0.2) is 0 Å². The highest BCUT2D eigenvalue weighted by Crippen LogP contribution is 2.12. The molecule has 0 heterocycles. The molecular formula is C7H17N3O. The number of rotatable bonds is 3. The van der Waals surface area contributed by atoms with E-state index in [1.165, 1.54) is 0 Å². The molecule has 0 aromatic rings. The average Bonchev–Trinajstić information content (AvgIpc) is 2.00. The third kappa shape index (κ3) is 3.95. The molecule has 0 radical (unpaired) electrons. The van der Waals surface area contributed by atoms with Crippen molar-refractivity contribution in [1.29, 1.82) is 0 Å². The quantitative estimate of drug-likeness (QED) is 0.269. The van der Waals surface area contributed by atoms with Gasteiger partial charge in [0.25, 0.3) is 0 Å². The Labute approximate surface area is 67.8 Å². The third-order valence-electron chi connectivity index (χ3n) is 1.58. The number of hydrazine groups is 1. The summed E-state index contributed by atoms with van der Waals surface area (Å²) in [4.78, 5) is 3.94. The molecule has 0 unspecified atom stereocenters. The van der Waals surface area contributed by atoms with Gasteiger partial charge >= 0.3 is 0 Å². The second kappa shape index (κ2) is 4.31. The zero-order valence-corrected chi connectivity index (χ0v) is 7.64. The lowest BCUT2D eigenvalue weighted by Gasteiger charge is -2.22. The van der Waals surface area contributed by atoms with E-state index in [1.807, 2.05) is 13.8 Å². The molecule has 0 bridgehead atoms. The van der Waals surface area contributed by atoms with Gasteiger partial charge in [-0.1, -0.05) is 0 Å². The largest absolute Gasteiger partial charge is 0.378 e. The Bertz CT molecular complexity index is 143. The van der Waals surface area contributed by atoms with Gasteiger partial charge in [-0.2, -0.15) is 0 Å². The fourth-order valence-electron chi connectivity index (χ4n) is 0.670. The molecule has 0 aliphatic heterocycles. The Morgan fingerprint density at radius 3 is 2.45 bits per heavy atom. The topological polar surface area (TPSA) is 59.6 Å². The molecule has 66 valence electrons. The monoisotopic (exact) mass is 159 g/mol. The van der Waals surface area contributed by atoms with Crippen LogP contribution in [0.25, 0.3) is 0 Å². The minimum Gasteiger partial charge on any atom is -0.378 e. The molecule has 4 heteroatoms. The molecule has 0 fully saturated rings. The Kier molecular flexibility index (Phi) is 4.07. The van der Waals surface area contributed by atoms with Crippen LogP contribution < -0.4 is 11.3 Å². The van der Waals surface area contributed by atoms with Gasteiger partial charge in [-0.25, -0.2) is 5.84 Å². The molecular weight excluding hydrogens is 142 g/mol. The van der Waals surface area contributed by atoms with Crippen LogP contribution in [-0.4, -0.2) is 25.6 Å². The fraction of sp³-hybridized carbons (Fsp3) is 0.857. The average molecular weight is 159 g/mol. The maximum absolute atomic E-state index is 5.21. The minimum absolute atomic E-state index is 0.207. The van der Waals surface area contributed by atoms with Gasteiger partial charge < -0.3 is 10.2 Å². The van der Waals surface area contributed by atoms with Crippen LogP contribution in [0.4, 0.5) is 0 Å². The lowest BCUT2D eigenvalue weighted by Crippen LogP contribution is -2.37. The van der Waals surface area contributed by atoms with E-state index in [2.05, 4.69) is 10.4 Å². The Hall–Kier alpha value is -0.610. The summed E-state index contributed by atoms with van der Waals surface area (Å²) in [6.45, 7) is 3.96. The van der Waals surface area contributed by atoms with E-state index in [1.54, 1.807) is 14.2 Å². The zero-order valence-electron chi connectivity index (χ0n) is 7.64. The first-order valence-electron chi connectivity index (χ1n) is 3.53. The van der Waals surface area contributed by atoms with Crippen LogP contribution in [0.1, 0.15) is 20.3 Å².